The van der Waals surface area contributed by atoms with Crippen molar-refractivity contribution in [1.82, 2.24) is 0 Å². The van der Waals surface area contributed by atoms with Gasteiger partial charge in [-0.25, -0.2) is 0 Å². The standard InChI is InChI=1S/C19H21N3O5/c1-11(19(24)22-14-5-7-17-18(9-14)27-10-26-17)20-15-8-13(21-12(2)23)4-6-16(15)25-3/h4-9,11,20H,10H2,1-3H3,(H,21,23)(H,22,24). The van der Waals surface area contributed by atoms with Crippen LogP contribution in [0, 0.1) is 0 Å². The number of carbonyl (C=O) groups excluding carboxylic acids is 2. The molecule has 0 aromatic heterocycles. The van der Waals surface area contributed by atoms with Gasteiger partial charge in [-0.1, -0.05) is 0 Å². The second-order valence-corrected chi connectivity index (χ2v) is 6.02. The van der Waals surface area contributed by atoms with E-state index in [4.69, 9.17) is 14.2 Å². The average Bonchev–Trinajstić information content (AvgIpc) is 3.09. The Kier molecular flexibility index (Phi) is 5.35. The Morgan fingerprint density at radius 1 is 1.04 bits per heavy atom. The van der Waals surface area contributed by atoms with Crippen molar-refractivity contribution in [2.45, 2.75) is 19.9 Å². The molecule has 1 aliphatic rings. The van der Waals surface area contributed by atoms with Crippen molar-refractivity contribution >= 4 is 28.9 Å². The van der Waals surface area contributed by atoms with E-state index >= 15 is 0 Å². The number of amides is 2. The van der Waals surface area contributed by atoms with Crippen LogP contribution in [0.2, 0.25) is 0 Å². The van der Waals surface area contributed by atoms with E-state index in [0.29, 0.717) is 34.3 Å². The average molecular weight is 371 g/mol. The van der Waals surface area contributed by atoms with Crippen molar-refractivity contribution in [3.63, 3.8) is 0 Å². The van der Waals surface area contributed by atoms with Gasteiger partial charge >= 0.3 is 0 Å². The fraction of sp³-hybridized carbons (Fsp3) is 0.263. The minimum absolute atomic E-state index is 0.176. The molecule has 0 saturated heterocycles. The third-order valence-electron chi connectivity index (χ3n) is 3.93. The Hall–Kier alpha value is -3.42. The van der Waals surface area contributed by atoms with Gasteiger partial charge in [-0.3, -0.25) is 9.59 Å². The number of carbonyl (C=O) groups is 2. The Morgan fingerprint density at radius 2 is 1.74 bits per heavy atom. The molecule has 3 rings (SSSR count). The maximum Gasteiger partial charge on any atom is 0.246 e. The third-order valence-corrected chi connectivity index (χ3v) is 3.93. The van der Waals surface area contributed by atoms with Crippen LogP contribution in [-0.2, 0) is 9.59 Å². The molecule has 2 amide bonds. The summed E-state index contributed by atoms with van der Waals surface area (Å²) in [5, 5.41) is 8.63. The van der Waals surface area contributed by atoms with Crippen LogP contribution in [0.3, 0.4) is 0 Å². The zero-order valence-corrected chi connectivity index (χ0v) is 15.3. The fourth-order valence-electron chi connectivity index (χ4n) is 2.63. The van der Waals surface area contributed by atoms with Crippen LogP contribution in [0.25, 0.3) is 0 Å². The quantitative estimate of drug-likeness (QED) is 0.722. The SMILES string of the molecule is COc1ccc(NC(C)=O)cc1NC(C)C(=O)Nc1ccc2c(c1)OCO2. The minimum Gasteiger partial charge on any atom is -0.495 e. The van der Waals surface area contributed by atoms with E-state index in [9.17, 15) is 9.59 Å². The number of methoxy groups -OCH3 is 1. The summed E-state index contributed by atoms with van der Waals surface area (Å²) in [6, 6.07) is 9.80. The molecule has 142 valence electrons. The number of anilines is 3. The molecule has 1 aliphatic heterocycles. The summed E-state index contributed by atoms with van der Waals surface area (Å²) >= 11 is 0. The van der Waals surface area contributed by atoms with E-state index in [1.165, 1.54) is 14.0 Å². The van der Waals surface area contributed by atoms with Crippen LogP contribution in [0.1, 0.15) is 13.8 Å². The first-order chi connectivity index (χ1) is 13.0. The molecule has 8 heteroatoms. The molecule has 3 N–H and O–H groups in total. The summed E-state index contributed by atoms with van der Waals surface area (Å²) in [5.41, 5.74) is 1.81. The van der Waals surface area contributed by atoms with Crippen LogP contribution in [0.15, 0.2) is 36.4 Å². The smallest absolute Gasteiger partial charge is 0.246 e. The van der Waals surface area contributed by atoms with Gasteiger partial charge in [-0.2, -0.15) is 0 Å². The lowest BCUT2D eigenvalue weighted by atomic mass is 10.2. The molecular formula is C19H21N3O5. The molecule has 8 nitrogen and oxygen atoms in total. The molecule has 0 spiro atoms. The number of fused-ring (bicyclic) bond motifs is 1. The van der Waals surface area contributed by atoms with Crippen LogP contribution < -0.4 is 30.2 Å². The molecule has 1 atom stereocenters. The molecule has 0 aliphatic carbocycles. The molecule has 1 heterocycles. The molecule has 1 unspecified atom stereocenters. The predicted molar refractivity (Wildman–Crippen MR) is 102 cm³/mol. The van der Waals surface area contributed by atoms with Gasteiger partial charge < -0.3 is 30.2 Å². The van der Waals surface area contributed by atoms with Crippen LogP contribution in [0.5, 0.6) is 17.2 Å². The molecular weight excluding hydrogens is 350 g/mol. The van der Waals surface area contributed by atoms with E-state index in [-0.39, 0.29) is 18.6 Å². The first-order valence-corrected chi connectivity index (χ1v) is 8.39. The highest BCUT2D eigenvalue weighted by Gasteiger charge is 2.18. The molecule has 2 aromatic carbocycles. The van der Waals surface area contributed by atoms with Crippen LogP contribution in [-0.4, -0.2) is 31.8 Å². The van der Waals surface area contributed by atoms with Gasteiger partial charge in [0.2, 0.25) is 18.6 Å². The molecule has 27 heavy (non-hydrogen) atoms. The molecule has 0 bridgehead atoms. The normalized spacial score (nSPS) is 12.9. The molecule has 0 radical (unpaired) electrons. The fourth-order valence-corrected chi connectivity index (χ4v) is 2.63. The van der Waals surface area contributed by atoms with Crippen LogP contribution in [0.4, 0.5) is 17.1 Å². The first-order valence-electron chi connectivity index (χ1n) is 8.39. The maximum absolute atomic E-state index is 12.5. The van der Waals surface area contributed by atoms with E-state index in [1.54, 1.807) is 43.3 Å². The minimum atomic E-state index is -0.558. The number of rotatable bonds is 6. The Bertz CT molecular complexity index is 868. The number of nitrogens with one attached hydrogen (secondary N) is 3. The largest absolute Gasteiger partial charge is 0.495 e. The zero-order chi connectivity index (χ0) is 19.4. The Balaban J connectivity index is 1.69. The van der Waals surface area contributed by atoms with E-state index in [2.05, 4.69) is 16.0 Å². The number of hydrogen-bond donors (Lipinski definition) is 3. The van der Waals surface area contributed by atoms with E-state index in [1.807, 2.05) is 0 Å². The highest BCUT2D eigenvalue weighted by Crippen LogP contribution is 2.34. The van der Waals surface area contributed by atoms with Gasteiger partial charge in [0.1, 0.15) is 11.8 Å². The van der Waals surface area contributed by atoms with Gasteiger partial charge in [0.05, 0.1) is 12.8 Å². The van der Waals surface area contributed by atoms with Gasteiger partial charge in [-0.05, 0) is 37.3 Å². The monoisotopic (exact) mass is 371 g/mol. The summed E-state index contributed by atoms with van der Waals surface area (Å²) in [6.45, 7) is 3.33. The second-order valence-electron chi connectivity index (χ2n) is 6.02. The number of ether oxygens (including phenoxy) is 3. The molecule has 0 saturated carbocycles. The van der Waals surface area contributed by atoms with Crippen molar-refractivity contribution in [3.05, 3.63) is 36.4 Å². The highest BCUT2D eigenvalue weighted by molar-refractivity contribution is 5.97. The zero-order valence-electron chi connectivity index (χ0n) is 15.3. The number of benzene rings is 2. The van der Waals surface area contributed by atoms with Crippen molar-refractivity contribution in [1.29, 1.82) is 0 Å². The van der Waals surface area contributed by atoms with Gasteiger partial charge in [-0.15, -0.1) is 0 Å². The van der Waals surface area contributed by atoms with Gasteiger partial charge in [0.25, 0.3) is 0 Å². The second kappa shape index (κ2) is 7.86. The predicted octanol–water partition coefficient (Wildman–Crippen LogP) is 2.82. The summed E-state index contributed by atoms with van der Waals surface area (Å²) in [4.78, 5) is 23.8. The van der Waals surface area contributed by atoms with Crippen molar-refractivity contribution < 1.29 is 23.8 Å². The lowest BCUT2D eigenvalue weighted by Gasteiger charge is -2.18. The van der Waals surface area contributed by atoms with Crippen molar-refractivity contribution in [2.24, 2.45) is 0 Å². The summed E-state index contributed by atoms with van der Waals surface area (Å²) in [6.07, 6.45) is 0. The van der Waals surface area contributed by atoms with Gasteiger partial charge in [0, 0.05) is 24.4 Å². The topological polar surface area (TPSA) is 97.9 Å². The molecule has 2 aromatic rings. The highest BCUT2D eigenvalue weighted by atomic mass is 16.7. The first kappa shape index (κ1) is 18.4. The Labute approximate surface area is 156 Å². The lowest BCUT2D eigenvalue weighted by molar-refractivity contribution is -0.116. The molecule has 0 fully saturated rings. The van der Waals surface area contributed by atoms with Crippen LogP contribution >= 0.6 is 0 Å². The van der Waals surface area contributed by atoms with E-state index in [0.717, 1.165) is 0 Å². The maximum atomic E-state index is 12.5. The third kappa shape index (κ3) is 4.41. The number of hydrogen-bond acceptors (Lipinski definition) is 6. The van der Waals surface area contributed by atoms with Crippen molar-refractivity contribution in [2.75, 3.05) is 29.9 Å². The van der Waals surface area contributed by atoms with Crippen molar-refractivity contribution in [3.8, 4) is 17.2 Å². The summed E-state index contributed by atoms with van der Waals surface area (Å²) in [7, 11) is 1.54. The Morgan fingerprint density at radius 3 is 2.48 bits per heavy atom. The summed E-state index contributed by atoms with van der Waals surface area (Å²) < 4.78 is 15.9. The van der Waals surface area contributed by atoms with E-state index < -0.39 is 6.04 Å². The van der Waals surface area contributed by atoms with Gasteiger partial charge in [0.15, 0.2) is 11.5 Å². The lowest BCUT2D eigenvalue weighted by Crippen LogP contribution is -2.32. The summed E-state index contributed by atoms with van der Waals surface area (Å²) in [5.74, 6) is 1.39.